The lowest BCUT2D eigenvalue weighted by Gasteiger charge is -2.32. The van der Waals surface area contributed by atoms with Crippen molar-refractivity contribution in [1.82, 2.24) is 9.88 Å². The van der Waals surface area contributed by atoms with Gasteiger partial charge in [-0.05, 0) is 66.3 Å². The standard InChI is InChI=1S/C29H30N2O4/c1-33-23-9-10-26-24(17-23)25(18-30-26)21-12-14-31(15-13-21)29(32)22-8-11-27(28(16-22)34-2)35-19-20-6-4-3-5-7-20/h3-11,16-18,21,30H,12-15,19H2,1-2H3. The predicted octanol–water partition coefficient (Wildman–Crippen LogP) is 5.78. The first-order valence-corrected chi connectivity index (χ1v) is 12.0. The van der Waals surface area contributed by atoms with E-state index in [9.17, 15) is 4.79 Å². The number of ether oxygens (including phenoxy) is 3. The molecular formula is C29H30N2O4. The van der Waals surface area contributed by atoms with Gasteiger partial charge in [0.05, 0.1) is 14.2 Å². The number of likely N-dealkylation sites (tertiary alicyclic amines) is 1. The van der Waals surface area contributed by atoms with Crippen LogP contribution in [0.15, 0.2) is 72.9 Å². The summed E-state index contributed by atoms with van der Waals surface area (Å²) in [5.41, 5.74) is 4.10. The van der Waals surface area contributed by atoms with Crippen LogP contribution in [0.25, 0.3) is 10.9 Å². The van der Waals surface area contributed by atoms with Crippen molar-refractivity contribution < 1.29 is 19.0 Å². The van der Waals surface area contributed by atoms with Crippen LogP contribution in [0.5, 0.6) is 17.2 Å². The third-order valence-electron chi connectivity index (χ3n) is 6.79. The molecule has 1 N–H and O–H groups in total. The first-order chi connectivity index (χ1) is 17.2. The Kier molecular flexibility index (Phi) is 6.62. The van der Waals surface area contributed by atoms with Gasteiger partial charge in [-0.2, -0.15) is 0 Å². The molecule has 1 saturated heterocycles. The molecule has 1 aliphatic rings. The number of nitrogens with zero attached hydrogens (tertiary/aromatic N) is 1. The molecule has 0 aliphatic carbocycles. The summed E-state index contributed by atoms with van der Waals surface area (Å²) in [5, 5.41) is 1.20. The largest absolute Gasteiger partial charge is 0.497 e. The maximum atomic E-state index is 13.3. The van der Waals surface area contributed by atoms with Crippen molar-refractivity contribution in [3.05, 3.63) is 89.6 Å². The Morgan fingerprint density at radius 2 is 1.74 bits per heavy atom. The average Bonchev–Trinajstić information content (AvgIpc) is 3.35. The van der Waals surface area contributed by atoms with Gasteiger partial charge in [-0.1, -0.05) is 30.3 Å². The van der Waals surface area contributed by atoms with Crippen LogP contribution >= 0.6 is 0 Å². The zero-order valence-electron chi connectivity index (χ0n) is 20.1. The monoisotopic (exact) mass is 470 g/mol. The summed E-state index contributed by atoms with van der Waals surface area (Å²) in [4.78, 5) is 18.6. The molecule has 0 saturated carbocycles. The van der Waals surface area contributed by atoms with Gasteiger partial charge in [-0.15, -0.1) is 0 Å². The third-order valence-corrected chi connectivity index (χ3v) is 6.79. The lowest BCUT2D eigenvalue weighted by molar-refractivity contribution is 0.0713. The molecular weight excluding hydrogens is 440 g/mol. The molecule has 5 rings (SSSR count). The van der Waals surface area contributed by atoms with Gasteiger partial charge in [-0.3, -0.25) is 4.79 Å². The van der Waals surface area contributed by atoms with Gasteiger partial charge >= 0.3 is 0 Å². The normalized spacial score (nSPS) is 14.2. The third kappa shape index (κ3) is 4.83. The highest BCUT2D eigenvalue weighted by atomic mass is 16.5. The highest BCUT2D eigenvalue weighted by Gasteiger charge is 2.26. The van der Waals surface area contributed by atoms with Gasteiger partial charge in [0.1, 0.15) is 12.4 Å². The maximum Gasteiger partial charge on any atom is 0.253 e. The van der Waals surface area contributed by atoms with Crippen molar-refractivity contribution in [2.75, 3.05) is 27.3 Å². The summed E-state index contributed by atoms with van der Waals surface area (Å²) in [6.07, 6.45) is 3.95. The minimum absolute atomic E-state index is 0.0250. The molecule has 4 aromatic rings. The fourth-order valence-electron chi connectivity index (χ4n) is 4.82. The SMILES string of the molecule is COc1ccc2[nH]cc(C3CCN(C(=O)c4ccc(OCc5ccccc5)c(OC)c4)CC3)c2c1. The average molecular weight is 471 g/mol. The van der Waals surface area contributed by atoms with Crippen molar-refractivity contribution in [2.24, 2.45) is 0 Å². The number of aromatic amines is 1. The lowest BCUT2D eigenvalue weighted by atomic mass is 9.89. The van der Waals surface area contributed by atoms with E-state index < -0.39 is 0 Å². The molecule has 6 heteroatoms. The molecule has 0 atom stereocenters. The number of amides is 1. The first kappa shape index (κ1) is 22.8. The summed E-state index contributed by atoms with van der Waals surface area (Å²) < 4.78 is 16.9. The van der Waals surface area contributed by atoms with Gasteiger partial charge in [0.25, 0.3) is 5.91 Å². The van der Waals surface area contributed by atoms with Crippen LogP contribution in [0.3, 0.4) is 0 Å². The fraction of sp³-hybridized carbons (Fsp3) is 0.276. The zero-order chi connectivity index (χ0) is 24.2. The number of aromatic nitrogens is 1. The van der Waals surface area contributed by atoms with Crippen LogP contribution in [0.4, 0.5) is 0 Å². The van der Waals surface area contributed by atoms with Crippen molar-refractivity contribution in [2.45, 2.75) is 25.4 Å². The van der Waals surface area contributed by atoms with E-state index in [2.05, 4.69) is 23.3 Å². The molecule has 0 spiro atoms. The van der Waals surface area contributed by atoms with Crippen molar-refractivity contribution in [3.8, 4) is 17.2 Å². The van der Waals surface area contributed by atoms with E-state index in [1.54, 1.807) is 20.3 Å². The lowest BCUT2D eigenvalue weighted by Crippen LogP contribution is -2.37. The number of rotatable bonds is 7. The number of H-pyrrole nitrogens is 1. The minimum Gasteiger partial charge on any atom is -0.497 e. The summed E-state index contributed by atoms with van der Waals surface area (Å²) in [6, 6.07) is 21.5. The molecule has 180 valence electrons. The number of carbonyl (C=O) groups excluding carboxylic acids is 1. The van der Waals surface area contributed by atoms with E-state index in [4.69, 9.17) is 14.2 Å². The molecule has 3 aromatic carbocycles. The molecule has 1 fully saturated rings. The number of carbonyl (C=O) groups is 1. The first-order valence-electron chi connectivity index (χ1n) is 12.0. The molecule has 6 nitrogen and oxygen atoms in total. The number of benzene rings is 3. The molecule has 0 bridgehead atoms. The number of hydrogen-bond donors (Lipinski definition) is 1. The second-order valence-electron chi connectivity index (χ2n) is 8.86. The highest BCUT2D eigenvalue weighted by molar-refractivity contribution is 5.95. The molecule has 0 unspecified atom stereocenters. The quantitative estimate of drug-likeness (QED) is 0.372. The van der Waals surface area contributed by atoms with E-state index in [1.807, 2.05) is 53.4 Å². The Labute approximate surface area is 205 Å². The molecule has 1 amide bonds. The number of fused-ring (bicyclic) bond motifs is 1. The van der Waals surface area contributed by atoms with Crippen LogP contribution in [0.1, 0.15) is 40.2 Å². The van der Waals surface area contributed by atoms with Crippen molar-refractivity contribution >= 4 is 16.8 Å². The Bertz CT molecular complexity index is 1310. The Morgan fingerprint density at radius 1 is 0.943 bits per heavy atom. The second kappa shape index (κ2) is 10.1. The fourth-order valence-corrected chi connectivity index (χ4v) is 4.82. The van der Waals surface area contributed by atoms with E-state index in [0.717, 1.165) is 29.7 Å². The van der Waals surface area contributed by atoms with Gasteiger partial charge in [0.2, 0.25) is 0 Å². The molecule has 2 heterocycles. The molecule has 0 radical (unpaired) electrons. The van der Waals surface area contributed by atoms with E-state index in [1.165, 1.54) is 10.9 Å². The Morgan fingerprint density at radius 3 is 2.49 bits per heavy atom. The van der Waals surface area contributed by atoms with Crippen LogP contribution in [-0.4, -0.2) is 43.1 Å². The molecule has 1 aliphatic heterocycles. The number of piperidine rings is 1. The number of methoxy groups -OCH3 is 2. The topological polar surface area (TPSA) is 63.8 Å². The number of nitrogens with one attached hydrogen (secondary N) is 1. The van der Waals surface area contributed by atoms with Crippen molar-refractivity contribution in [3.63, 3.8) is 0 Å². The summed E-state index contributed by atoms with van der Waals surface area (Å²) >= 11 is 0. The van der Waals surface area contributed by atoms with E-state index in [0.29, 0.717) is 42.7 Å². The van der Waals surface area contributed by atoms with Crippen molar-refractivity contribution in [1.29, 1.82) is 0 Å². The maximum absolute atomic E-state index is 13.3. The van der Waals surface area contributed by atoms with Gasteiger partial charge in [0, 0.05) is 35.8 Å². The van der Waals surface area contributed by atoms with E-state index >= 15 is 0 Å². The Balaban J connectivity index is 1.24. The van der Waals surface area contributed by atoms with Crippen LogP contribution in [0.2, 0.25) is 0 Å². The molecule has 1 aromatic heterocycles. The van der Waals surface area contributed by atoms with Crippen LogP contribution < -0.4 is 14.2 Å². The number of hydrogen-bond acceptors (Lipinski definition) is 4. The Hall–Kier alpha value is -3.93. The minimum atomic E-state index is 0.0250. The highest BCUT2D eigenvalue weighted by Crippen LogP contribution is 2.35. The summed E-state index contributed by atoms with van der Waals surface area (Å²) in [6.45, 7) is 1.88. The van der Waals surface area contributed by atoms with Crippen LogP contribution in [-0.2, 0) is 6.61 Å². The second-order valence-corrected chi connectivity index (χ2v) is 8.86. The zero-order valence-corrected chi connectivity index (χ0v) is 20.1. The summed E-state index contributed by atoms with van der Waals surface area (Å²) in [7, 11) is 3.29. The predicted molar refractivity (Wildman–Crippen MR) is 136 cm³/mol. The molecule has 35 heavy (non-hydrogen) atoms. The van der Waals surface area contributed by atoms with Gasteiger partial charge in [-0.25, -0.2) is 0 Å². The van der Waals surface area contributed by atoms with E-state index in [-0.39, 0.29) is 5.91 Å². The van der Waals surface area contributed by atoms with Gasteiger partial charge in [0.15, 0.2) is 11.5 Å². The van der Waals surface area contributed by atoms with Crippen LogP contribution in [0, 0.1) is 0 Å². The summed E-state index contributed by atoms with van der Waals surface area (Å²) in [5.74, 6) is 2.48. The smallest absolute Gasteiger partial charge is 0.253 e. The van der Waals surface area contributed by atoms with Gasteiger partial charge < -0.3 is 24.1 Å².